The average molecular weight is 214 g/mol. The van der Waals surface area contributed by atoms with E-state index in [0.717, 1.165) is 3.97 Å². The maximum Gasteiger partial charge on any atom is 0.234 e. The van der Waals surface area contributed by atoms with Gasteiger partial charge >= 0.3 is 0 Å². The van der Waals surface area contributed by atoms with Crippen molar-refractivity contribution in [2.75, 3.05) is 6.54 Å². The Hall–Kier alpha value is -1.23. The van der Waals surface area contributed by atoms with Gasteiger partial charge in [0.2, 0.25) is 11.2 Å². The fourth-order valence-electron chi connectivity index (χ4n) is 1.74. The topological polar surface area (TPSA) is 8.17 Å². The van der Waals surface area contributed by atoms with E-state index in [0.29, 0.717) is 17.9 Å². The van der Waals surface area contributed by atoms with E-state index in [9.17, 15) is 7.77 Å². The van der Waals surface area contributed by atoms with Gasteiger partial charge < -0.3 is 0 Å². The zero-order valence-corrected chi connectivity index (χ0v) is 8.05. The van der Waals surface area contributed by atoms with Crippen LogP contribution in [-0.2, 0) is 0 Å². The zero-order chi connectivity index (χ0) is 9.76. The van der Waals surface area contributed by atoms with Crippen LogP contribution in [0.5, 0.6) is 0 Å². The first-order chi connectivity index (χ1) is 6.69. The third-order valence-corrected chi connectivity index (χ3v) is 4.08. The molecule has 0 saturated carbocycles. The third kappa shape index (κ3) is 0.850. The van der Waals surface area contributed by atoms with E-state index in [1.165, 1.54) is 10.5 Å². The Morgan fingerprint density at radius 1 is 1.36 bits per heavy atom. The molecule has 0 atom stereocenters. The Balaban J connectivity index is 2.24. The molecule has 1 aromatic heterocycles. The third-order valence-electron chi connectivity index (χ3n) is 2.39. The van der Waals surface area contributed by atoms with Crippen molar-refractivity contribution < 1.29 is 7.77 Å². The first kappa shape index (κ1) is 8.11. The fraction of sp³-hybridized carbons (Fsp3) is 0.111. The van der Waals surface area contributed by atoms with Gasteiger partial charge in [-0.1, -0.05) is 6.08 Å². The minimum atomic E-state index is -3.86. The molecular formula is C9H8F2N2S. The molecule has 0 amide bonds. The summed E-state index contributed by atoms with van der Waals surface area (Å²) in [5.74, 6) is 0. The van der Waals surface area contributed by atoms with Crippen LogP contribution in [0, 0.1) is 0 Å². The molecule has 14 heavy (non-hydrogen) atoms. The van der Waals surface area contributed by atoms with Crippen molar-refractivity contribution >= 4 is 17.2 Å². The van der Waals surface area contributed by atoms with Crippen molar-refractivity contribution in [2.24, 2.45) is 0 Å². The number of rotatable bonds is 0. The molecule has 3 rings (SSSR count). The van der Waals surface area contributed by atoms with Gasteiger partial charge in [-0.2, -0.15) is 0 Å². The largest absolute Gasteiger partial charge is 0.266 e. The van der Waals surface area contributed by atoms with Crippen LogP contribution in [0.3, 0.4) is 0 Å². The summed E-state index contributed by atoms with van der Waals surface area (Å²) < 4.78 is 30.0. The Labute approximate surface area is 82.3 Å². The van der Waals surface area contributed by atoms with Crippen molar-refractivity contribution in [3.8, 4) is 0 Å². The number of hydrogen-bond acceptors (Lipinski definition) is 1. The Morgan fingerprint density at radius 3 is 3.07 bits per heavy atom. The van der Waals surface area contributed by atoms with Gasteiger partial charge in [-0.15, -0.1) is 7.77 Å². The minimum absolute atomic E-state index is 0.311. The van der Waals surface area contributed by atoms with Gasteiger partial charge in [0.25, 0.3) is 0 Å². The maximum atomic E-state index is 13.9. The molecular weight excluding hydrogens is 206 g/mol. The summed E-state index contributed by atoms with van der Waals surface area (Å²) in [7, 11) is 0. The summed E-state index contributed by atoms with van der Waals surface area (Å²) in [6.45, 7) is 0.311. The summed E-state index contributed by atoms with van der Waals surface area (Å²) in [5.41, 5.74) is 1.21. The van der Waals surface area contributed by atoms with E-state index in [2.05, 4.69) is 0 Å². The number of fused-ring (bicyclic) bond motifs is 2. The van der Waals surface area contributed by atoms with Crippen LogP contribution in [-0.4, -0.2) is 14.8 Å². The molecule has 0 radical (unpaired) electrons. The second kappa shape index (κ2) is 2.42. The van der Waals surface area contributed by atoms with Crippen LogP contribution in [0.2, 0.25) is 0 Å². The van der Waals surface area contributed by atoms with Gasteiger partial charge in [-0.3, -0.25) is 4.31 Å². The van der Waals surface area contributed by atoms with Crippen LogP contribution in [0.25, 0.3) is 6.08 Å². The van der Waals surface area contributed by atoms with Gasteiger partial charge in [0.1, 0.15) is 0 Å². The van der Waals surface area contributed by atoms with Crippen LogP contribution in [0.4, 0.5) is 7.77 Å². The van der Waals surface area contributed by atoms with Crippen molar-refractivity contribution in [3.63, 3.8) is 0 Å². The summed E-state index contributed by atoms with van der Waals surface area (Å²) in [5, 5.41) is 0. The highest BCUT2D eigenvalue weighted by Gasteiger charge is 2.39. The first-order valence-electron chi connectivity index (χ1n) is 4.26. The molecule has 0 unspecified atom stereocenters. The van der Waals surface area contributed by atoms with E-state index in [-0.39, 0.29) is 0 Å². The monoisotopic (exact) mass is 214 g/mol. The Bertz CT molecular complexity index is 447. The number of nitrogens with zero attached hydrogens (tertiary/aromatic N) is 2. The first-order valence-corrected chi connectivity index (χ1v) is 5.61. The van der Waals surface area contributed by atoms with Gasteiger partial charge in [0.05, 0.1) is 17.9 Å². The SMILES string of the molecule is FS1(F)N2CC=CC2=Cc2cccn21. The van der Waals surface area contributed by atoms with E-state index in [4.69, 9.17) is 0 Å². The number of aromatic nitrogens is 1. The van der Waals surface area contributed by atoms with Crippen LogP contribution in [0.15, 0.2) is 36.2 Å². The Kier molecular flexibility index (Phi) is 1.40. The van der Waals surface area contributed by atoms with E-state index >= 15 is 0 Å². The van der Waals surface area contributed by atoms with Gasteiger partial charge in [0.15, 0.2) is 0 Å². The molecule has 0 bridgehead atoms. The lowest BCUT2D eigenvalue weighted by Crippen LogP contribution is -2.26. The van der Waals surface area contributed by atoms with Crippen molar-refractivity contribution in [1.29, 1.82) is 0 Å². The lowest BCUT2D eigenvalue weighted by atomic mass is 10.3. The predicted molar refractivity (Wildman–Crippen MR) is 53.5 cm³/mol. The number of allylic oxidation sites excluding steroid dienone is 1. The van der Waals surface area contributed by atoms with Gasteiger partial charge in [-0.05, 0) is 24.3 Å². The second-order valence-corrected chi connectivity index (χ2v) is 4.87. The highest BCUT2D eigenvalue weighted by atomic mass is 32.3. The smallest absolute Gasteiger partial charge is 0.234 e. The summed E-state index contributed by atoms with van der Waals surface area (Å²) >= 11 is -3.86. The Morgan fingerprint density at radius 2 is 2.21 bits per heavy atom. The predicted octanol–water partition coefficient (Wildman–Crippen LogP) is 2.97. The van der Waals surface area contributed by atoms with E-state index in [1.54, 1.807) is 30.4 Å². The van der Waals surface area contributed by atoms with Gasteiger partial charge in [0, 0.05) is 6.20 Å². The molecule has 0 aromatic carbocycles. The molecule has 2 aliphatic rings. The normalized spacial score (nSPS) is 24.1. The van der Waals surface area contributed by atoms with Crippen LogP contribution < -0.4 is 0 Å². The zero-order valence-electron chi connectivity index (χ0n) is 7.23. The second-order valence-electron chi connectivity index (χ2n) is 3.21. The molecule has 0 aliphatic carbocycles. The molecule has 0 spiro atoms. The lowest BCUT2D eigenvalue weighted by molar-refractivity contribution is 0.541. The van der Waals surface area contributed by atoms with Crippen molar-refractivity contribution in [2.45, 2.75) is 0 Å². The van der Waals surface area contributed by atoms with Crippen molar-refractivity contribution in [3.05, 3.63) is 41.9 Å². The fourth-order valence-corrected chi connectivity index (χ4v) is 3.17. The molecule has 0 N–H and O–H groups in total. The van der Waals surface area contributed by atoms with E-state index in [1.807, 2.05) is 0 Å². The molecule has 5 heteroatoms. The molecule has 1 aromatic rings. The van der Waals surface area contributed by atoms with Crippen LogP contribution in [0.1, 0.15) is 5.69 Å². The van der Waals surface area contributed by atoms with Gasteiger partial charge in [-0.25, -0.2) is 3.97 Å². The molecule has 0 fully saturated rings. The molecule has 0 saturated heterocycles. The lowest BCUT2D eigenvalue weighted by Gasteiger charge is -2.37. The van der Waals surface area contributed by atoms with Crippen LogP contribution >= 0.6 is 11.2 Å². The molecule has 3 heterocycles. The number of halogens is 2. The molecule has 2 aliphatic heterocycles. The summed E-state index contributed by atoms with van der Waals surface area (Å²) in [4.78, 5) is 0. The highest BCUT2D eigenvalue weighted by molar-refractivity contribution is 8.22. The maximum absolute atomic E-state index is 13.9. The summed E-state index contributed by atoms with van der Waals surface area (Å²) in [6, 6.07) is 3.36. The summed E-state index contributed by atoms with van der Waals surface area (Å²) in [6.07, 6.45) is 6.74. The minimum Gasteiger partial charge on any atom is -0.266 e. The standard InChI is InChI=1S/C9H8F2N2S/c10-14(11)12-5-1-3-8(12)7-9-4-2-6-13(9)14/h1-5,7H,6H2. The quantitative estimate of drug-likeness (QED) is 0.644. The highest BCUT2D eigenvalue weighted by Crippen LogP contribution is 2.61. The molecule has 2 nitrogen and oxygen atoms in total. The van der Waals surface area contributed by atoms with Crippen molar-refractivity contribution in [1.82, 2.24) is 8.28 Å². The van der Waals surface area contributed by atoms with E-state index < -0.39 is 11.2 Å². The average Bonchev–Trinajstić information content (AvgIpc) is 2.71. The number of hydrogen-bond donors (Lipinski definition) is 0. The molecule has 74 valence electrons.